The summed E-state index contributed by atoms with van der Waals surface area (Å²) < 4.78 is 5.63. The van der Waals surface area contributed by atoms with Gasteiger partial charge in [-0.2, -0.15) is 0 Å². The molecule has 0 spiro atoms. The van der Waals surface area contributed by atoms with E-state index in [0.717, 1.165) is 11.1 Å². The monoisotopic (exact) mass is 232 g/mol. The maximum atomic E-state index is 5.63. The minimum absolute atomic E-state index is 0.494. The van der Waals surface area contributed by atoms with Gasteiger partial charge in [-0.05, 0) is 12.1 Å². The molecule has 1 aromatic heterocycles. The molecule has 0 atom stereocenters. The second-order valence-corrected chi connectivity index (χ2v) is 3.90. The highest BCUT2D eigenvalue weighted by Gasteiger charge is 2.09. The van der Waals surface area contributed by atoms with Gasteiger partial charge < -0.3 is 4.42 Å². The topological polar surface area (TPSA) is 38.9 Å². The fraction of sp³-hybridized carbons (Fsp3) is 0. The van der Waals surface area contributed by atoms with Gasteiger partial charge in [0.1, 0.15) is 7.85 Å². The molecule has 0 saturated heterocycles. The Hall–Kier alpha value is -2.36. The highest BCUT2D eigenvalue weighted by atomic mass is 16.4. The van der Waals surface area contributed by atoms with Crippen LogP contribution in [-0.4, -0.2) is 18.0 Å². The molecule has 0 aliphatic rings. The van der Waals surface area contributed by atoms with E-state index in [1.807, 2.05) is 54.6 Å². The van der Waals surface area contributed by atoms with Crippen molar-refractivity contribution in [3.05, 3.63) is 54.6 Å². The standard InChI is InChI=1S/C14H9BN2O/c15-12-8-6-11(7-9-12)14-17-16-13(18-14)10-4-2-1-3-5-10/h1-9H. The fourth-order valence-corrected chi connectivity index (χ4v) is 1.66. The van der Waals surface area contributed by atoms with Crippen molar-refractivity contribution in [2.75, 3.05) is 0 Å². The van der Waals surface area contributed by atoms with E-state index in [4.69, 9.17) is 12.3 Å². The van der Waals surface area contributed by atoms with E-state index in [9.17, 15) is 0 Å². The van der Waals surface area contributed by atoms with Crippen molar-refractivity contribution >= 4 is 13.3 Å². The Kier molecular flexibility index (Phi) is 2.69. The van der Waals surface area contributed by atoms with Crippen molar-refractivity contribution < 1.29 is 4.42 Å². The van der Waals surface area contributed by atoms with Gasteiger partial charge in [-0.15, -0.1) is 10.2 Å². The first-order valence-corrected chi connectivity index (χ1v) is 5.58. The Balaban J connectivity index is 1.97. The summed E-state index contributed by atoms with van der Waals surface area (Å²) in [6.45, 7) is 0. The van der Waals surface area contributed by atoms with Crippen molar-refractivity contribution in [1.29, 1.82) is 0 Å². The van der Waals surface area contributed by atoms with Crippen LogP contribution in [0.4, 0.5) is 0 Å². The summed E-state index contributed by atoms with van der Waals surface area (Å²) in [6, 6.07) is 17.0. The van der Waals surface area contributed by atoms with E-state index in [1.54, 1.807) is 0 Å². The number of rotatable bonds is 2. The van der Waals surface area contributed by atoms with Crippen LogP contribution in [0.2, 0.25) is 0 Å². The average molecular weight is 232 g/mol. The van der Waals surface area contributed by atoms with Crippen LogP contribution < -0.4 is 5.46 Å². The number of aromatic nitrogens is 2. The molecule has 0 fully saturated rings. The van der Waals surface area contributed by atoms with E-state index in [2.05, 4.69) is 10.2 Å². The van der Waals surface area contributed by atoms with Gasteiger partial charge >= 0.3 is 0 Å². The van der Waals surface area contributed by atoms with Crippen molar-refractivity contribution in [3.8, 4) is 22.9 Å². The van der Waals surface area contributed by atoms with Gasteiger partial charge in [0.05, 0.1) is 0 Å². The fourth-order valence-electron chi connectivity index (χ4n) is 1.66. The molecule has 4 heteroatoms. The zero-order chi connectivity index (χ0) is 12.4. The van der Waals surface area contributed by atoms with Crippen LogP contribution in [0.5, 0.6) is 0 Å². The van der Waals surface area contributed by atoms with E-state index < -0.39 is 0 Å². The Morgan fingerprint density at radius 3 is 1.89 bits per heavy atom. The van der Waals surface area contributed by atoms with E-state index in [-0.39, 0.29) is 0 Å². The van der Waals surface area contributed by atoms with Crippen LogP contribution >= 0.6 is 0 Å². The summed E-state index contributed by atoms with van der Waals surface area (Å²) in [4.78, 5) is 0. The van der Waals surface area contributed by atoms with Gasteiger partial charge in [-0.1, -0.05) is 47.9 Å². The molecule has 0 amide bonds. The number of nitrogens with zero attached hydrogens (tertiary/aromatic N) is 2. The van der Waals surface area contributed by atoms with Crippen LogP contribution in [0.3, 0.4) is 0 Å². The molecule has 0 unspecified atom stereocenters. The van der Waals surface area contributed by atoms with Gasteiger partial charge in [0, 0.05) is 11.1 Å². The second-order valence-electron chi connectivity index (χ2n) is 3.90. The van der Waals surface area contributed by atoms with Crippen LogP contribution in [0.1, 0.15) is 0 Å². The Morgan fingerprint density at radius 2 is 1.28 bits per heavy atom. The second kappa shape index (κ2) is 4.49. The predicted octanol–water partition coefficient (Wildman–Crippen LogP) is 2.20. The van der Waals surface area contributed by atoms with Gasteiger partial charge in [0.2, 0.25) is 11.8 Å². The first-order valence-electron chi connectivity index (χ1n) is 5.58. The van der Waals surface area contributed by atoms with E-state index in [1.165, 1.54) is 0 Å². The van der Waals surface area contributed by atoms with Gasteiger partial charge in [0.15, 0.2) is 0 Å². The van der Waals surface area contributed by atoms with Gasteiger partial charge in [-0.25, -0.2) is 0 Å². The molecule has 0 aliphatic carbocycles. The molecule has 3 aromatic rings. The van der Waals surface area contributed by atoms with Crippen molar-refractivity contribution in [2.45, 2.75) is 0 Å². The summed E-state index contributed by atoms with van der Waals surface area (Å²) in [5.74, 6) is 1.01. The van der Waals surface area contributed by atoms with Crippen molar-refractivity contribution in [3.63, 3.8) is 0 Å². The first kappa shape index (κ1) is 10.8. The van der Waals surface area contributed by atoms with E-state index in [0.29, 0.717) is 17.2 Å². The molecule has 18 heavy (non-hydrogen) atoms. The molecular formula is C14H9BN2O. The molecule has 0 saturated carbocycles. The molecule has 3 rings (SSSR count). The summed E-state index contributed by atoms with van der Waals surface area (Å²) in [6.07, 6.45) is 0. The maximum Gasteiger partial charge on any atom is 0.248 e. The normalized spacial score (nSPS) is 10.4. The lowest BCUT2D eigenvalue weighted by Crippen LogP contribution is -1.99. The van der Waals surface area contributed by atoms with Gasteiger partial charge in [-0.3, -0.25) is 0 Å². The van der Waals surface area contributed by atoms with Crippen LogP contribution in [-0.2, 0) is 0 Å². The third kappa shape index (κ3) is 2.05. The minimum Gasteiger partial charge on any atom is -0.416 e. The highest BCUT2D eigenvalue weighted by Crippen LogP contribution is 2.22. The molecule has 2 aromatic carbocycles. The quantitative estimate of drug-likeness (QED) is 0.635. The minimum atomic E-state index is 0.494. The zero-order valence-corrected chi connectivity index (χ0v) is 9.58. The first-order chi connectivity index (χ1) is 8.83. The van der Waals surface area contributed by atoms with Crippen molar-refractivity contribution in [2.24, 2.45) is 0 Å². The van der Waals surface area contributed by atoms with Crippen LogP contribution in [0, 0.1) is 0 Å². The molecular weight excluding hydrogens is 223 g/mol. The summed E-state index contributed by atoms with van der Waals surface area (Å²) >= 11 is 0. The Bertz CT molecular complexity index is 647. The van der Waals surface area contributed by atoms with Crippen molar-refractivity contribution in [1.82, 2.24) is 10.2 Å². The number of hydrogen-bond acceptors (Lipinski definition) is 3. The van der Waals surface area contributed by atoms with E-state index >= 15 is 0 Å². The predicted molar refractivity (Wildman–Crippen MR) is 70.6 cm³/mol. The number of hydrogen-bond donors (Lipinski definition) is 0. The lowest BCUT2D eigenvalue weighted by atomic mass is 9.95. The largest absolute Gasteiger partial charge is 0.416 e. The molecule has 0 N–H and O–H groups in total. The lowest BCUT2D eigenvalue weighted by Gasteiger charge is -1.95. The molecule has 1 heterocycles. The third-order valence-corrected chi connectivity index (χ3v) is 2.60. The maximum absolute atomic E-state index is 5.63. The summed E-state index contributed by atoms with van der Waals surface area (Å²) in [5.41, 5.74) is 2.48. The summed E-state index contributed by atoms with van der Waals surface area (Å²) in [5, 5.41) is 8.07. The Labute approximate surface area is 106 Å². The molecule has 84 valence electrons. The third-order valence-electron chi connectivity index (χ3n) is 2.60. The molecule has 0 bridgehead atoms. The van der Waals surface area contributed by atoms with Crippen LogP contribution in [0.25, 0.3) is 22.9 Å². The average Bonchev–Trinajstić information content (AvgIpc) is 2.90. The smallest absolute Gasteiger partial charge is 0.248 e. The van der Waals surface area contributed by atoms with Crippen LogP contribution in [0.15, 0.2) is 59.0 Å². The lowest BCUT2D eigenvalue weighted by molar-refractivity contribution is 0.584. The molecule has 3 nitrogen and oxygen atoms in total. The van der Waals surface area contributed by atoms with Gasteiger partial charge in [0.25, 0.3) is 0 Å². The highest BCUT2D eigenvalue weighted by molar-refractivity contribution is 6.32. The Morgan fingerprint density at radius 1 is 0.722 bits per heavy atom. The molecule has 2 radical (unpaired) electrons. The summed E-state index contributed by atoms with van der Waals surface area (Å²) in [7, 11) is 5.63. The SMILES string of the molecule is [B]c1ccc(-c2nnc(-c3ccccc3)o2)cc1. The number of benzene rings is 2. The molecule has 0 aliphatic heterocycles. The zero-order valence-electron chi connectivity index (χ0n) is 9.58.